The fourth-order valence-electron chi connectivity index (χ4n) is 3.32. The third-order valence-corrected chi connectivity index (χ3v) is 4.99. The maximum absolute atomic E-state index is 10.6. The highest BCUT2D eigenvalue weighted by molar-refractivity contribution is 5.73. The topological polar surface area (TPSA) is 111 Å². The molecule has 0 radical (unpaired) electrons. The predicted molar refractivity (Wildman–Crippen MR) is 103 cm³/mol. The number of carboxylic acids is 1. The van der Waals surface area contributed by atoms with Gasteiger partial charge in [0, 0.05) is 44.3 Å². The molecular weight excluding hydrogens is 419 g/mol. The number of ether oxygens (including phenoxy) is 2. The predicted octanol–water partition coefficient (Wildman–Crippen LogP) is 2.29. The van der Waals surface area contributed by atoms with Crippen LogP contribution in [0.1, 0.15) is 30.3 Å². The SMILES string of the molecule is Cc1nn(C2CCOCC2)c(C)c1-c1nccc(OC2CNC2)n1.O=C(O)C(F)(F)F. The number of carbonyl (C=O) groups is 1. The Bertz CT molecular complexity index is 908. The molecule has 2 saturated heterocycles. The Kier molecular flexibility index (Phi) is 7.11. The van der Waals surface area contributed by atoms with Crippen molar-refractivity contribution < 1.29 is 32.5 Å². The summed E-state index contributed by atoms with van der Waals surface area (Å²) >= 11 is 0. The van der Waals surface area contributed by atoms with Crippen molar-refractivity contribution >= 4 is 5.97 Å². The Morgan fingerprint density at radius 1 is 1.29 bits per heavy atom. The summed E-state index contributed by atoms with van der Waals surface area (Å²) in [5.41, 5.74) is 3.09. The molecule has 0 aromatic carbocycles. The summed E-state index contributed by atoms with van der Waals surface area (Å²) in [5.74, 6) is -1.44. The Labute approximate surface area is 176 Å². The average Bonchev–Trinajstić information content (AvgIpc) is 2.99. The molecule has 31 heavy (non-hydrogen) atoms. The van der Waals surface area contributed by atoms with Crippen molar-refractivity contribution in [3.8, 4) is 17.3 Å². The van der Waals surface area contributed by atoms with Gasteiger partial charge in [0.2, 0.25) is 5.88 Å². The zero-order valence-corrected chi connectivity index (χ0v) is 17.1. The van der Waals surface area contributed by atoms with Crippen LogP contribution in [0.5, 0.6) is 5.88 Å². The molecule has 2 fully saturated rings. The minimum Gasteiger partial charge on any atom is -0.475 e. The largest absolute Gasteiger partial charge is 0.490 e. The van der Waals surface area contributed by atoms with Crippen LogP contribution in [0, 0.1) is 13.8 Å². The number of halogens is 3. The highest BCUT2D eigenvalue weighted by Crippen LogP contribution is 2.30. The summed E-state index contributed by atoms with van der Waals surface area (Å²) in [5, 5.41) is 15.1. The number of hydrogen-bond acceptors (Lipinski definition) is 7. The van der Waals surface area contributed by atoms with E-state index in [4.69, 9.17) is 24.5 Å². The highest BCUT2D eigenvalue weighted by atomic mass is 19.4. The second-order valence-electron chi connectivity index (χ2n) is 7.25. The van der Waals surface area contributed by atoms with E-state index < -0.39 is 12.1 Å². The van der Waals surface area contributed by atoms with Crippen LogP contribution in [0.15, 0.2) is 12.3 Å². The third-order valence-electron chi connectivity index (χ3n) is 4.99. The highest BCUT2D eigenvalue weighted by Gasteiger charge is 2.38. The van der Waals surface area contributed by atoms with Crippen LogP contribution < -0.4 is 10.1 Å². The Morgan fingerprint density at radius 3 is 2.48 bits per heavy atom. The number of nitrogens with one attached hydrogen (secondary N) is 1. The van der Waals surface area contributed by atoms with E-state index in [9.17, 15) is 13.2 Å². The summed E-state index contributed by atoms with van der Waals surface area (Å²) in [4.78, 5) is 18.0. The molecule has 9 nitrogen and oxygen atoms in total. The molecule has 0 spiro atoms. The summed E-state index contributed by atoms with van der Waals surface area (Å²) in [7, 11) is 0. The van der Waals surface area contributed by atoms with Gasteiger partial charge in [-0.25, -0.2) is 9.78 Å². The van der Waals surface area contributed by atoms with E-state index >= 15 is 0 Å². The molecule has 2 aromatic rings. The fourth-order valence-corrected chi connectivity index (χ4v) is 3.32. The first-order chi connectivity index (χ1) is 14.7. The van der Waals surface area contributed by atoms with E-state index in [0.717, 1.165) is 56.1 Å². The normalized spacial score (nSPS) is 17.5. The molecule has 0 amide bonds. The van der Waals surface area contributed by atoms with E-state index in [2.05, 4.69) is 26.9 Å². The summed E-state index contributed by atoms with van der Waals surface area (Å²) < 4.78 is 45.2. The first-order valence-corrected chi connectivity index (χ1v) is 9.81. The number of nitrogens with zero attached hydrogens (tertiary/aromatic N) is 4. The lowest BCUT2D eigenvalue weighted by Gasteiger charge is -2.27. The molecule has 0 saturated carbocycles. The van der Waals surface area contributed by atoms with Gasteiger partial charge in [-0.05, 0) is 26.7 Å². The number of hydrogen-bond donors (Lipinski definition) is 2. The van der Waals surface area contributed by atoms with E-state index in [1.807, 2.05) is 13.0 Å². The molecule has 4 heterocycles. The lowest BCUT2D eigenvalue weighted by atomic mass is 10.1. The molecule has 2 aliphatic heterocycles. The monoisotopic (exact) mass is 443 g/mol. The van der Waals surface area contributed by atoms with Crippen molar-refractivity contribution in [2.75, 3.05) is 26.3 Å². The van der Waals surface area contributed by atoms with Crippen molar-refractivity contribution in [1.29, 1.82) is 0 Å². The van der Waals surface area contributed by atoms with Gasteiger partial charge >= 0.3 is 12.1 Å². The first-order valence-electron chi connectivity index (χ1n) is 9.81. The average molecular weight is 443 g/mol. The van der Waals surface area contributed by atoms with E-state index in [0.29, 0.717) is 17.7 Å². The van der Waals surface area contributed by atoms with Gasteiger partial charge in [-0.2, -0.15) is 23.3 Å². The van der Waals surface area contributed by atoms with Gasteiger partial charge in [0.1, 0.15) is 6.10 Å². The maximum atomic E-state index is 10.6. The summed E-state index contributed by atoms with van der Waals surface area (Å²) in [6, 6.07) is 2.21. The third kappa shape index (κ3) is 5.70. The quantitative estimate of drug-likeness (QED) is 0.741. The molecule has 2 N–H and O–H groups in total. The molecular formula is C19H24F3N5O4. The molecule has 0 unspecified atom stereocenters. The molecule has 12 heteroatoms. The van der Waals surface area contributed by atoms with Gasteiger partial charge in [-0.15, -0.1) is 0 Å². The van der Waals surface area contributed by atoms with E-state index in [-0.39, 0.29) is 6.10 Å². The minimum absolute atomic E-state index is 0.208. The first kappa shape index (κ1) is 22.9. The lowest BCUT2D eigenvalue weighted by Crippen LogP contribution is -2.50. The molecule has 2 aliphatic rings. The van der Waals surface area contributed by atoms with Crippen molar-refractivity contribution in [2.45, 2.75) is 45.0 Å². The Hall–Kier alpha value is -2.73. The van der Waals surface area contributed by atoms with Gasteiger partial charge in [-0.1, -0.05) is 0 Å². The lowest BCUT2D eigenvalue weighted by molar-refractivity contribution is -0.192. The standard InChI is InChI=1S/C17H23N5O2.C2HF3O2/c1-11-16(12(2)22(21-11)13-4-7-23-8-5-13)17-19-6-3-15(20-17)24-14-9-18-10-14;3-2(4,5)1(6)7/h3,6,13-14,18H,4-5,7-10H2,1-2H3;(H,6,7). The second kappa shape index (κ2) is 9.60. The zero-order valence-electron chi connectivity index (χ0n) is 17.1. The Balaban J connectivity index is 0.000000339. The van der Waals surface area contributed by atoms with Gasteiger partial charge in [0.05, 0.1) is 17.3 Å². The number of aliphatic carboxylic acids is 1. The molecule has 4 rings (SSSR count). The molecule has 0 bridgehead atoms. The van der Waals surface area contributed by atoms with Crippen LogP contribution in [0.3, 0.4) is 0 Å². The van der Waals surface area contributed by atoms with E-state index in [1.165, 1.54) is 0 Å². The number of alkyl halides is 3. The molecule has 0 aliphatic carbocycles. The van der Waals surface area contributed by atoms with Crippen LogP contribution in [0.25, 0.3) is 11.4 Å². The van der Waals surface area contributed by atoms with Crippen LogP contribution in [-0.2, 0) is 9.53 Å². The molecule has 2 aromatic heterocycles. The number of carboxylic acid groups (broad SMARTS) is 1. The van der Waals surface area contributed by atoms with Crippen LogP contribution in [0.4, 0.5) is 13.2 Å². The number of aromatic nitrogens is 4. The second-order valence-corrected chi connectivity index (χ2v) is 7.25. The summed E-state index contributed by atoms with van der Waals surface area (Å²) in [6.45, 7) is 7.46. The number of aryl methyl sites for hydroxylation is 1. The van der Waals surface area contributed by atoms with E-state index in [1.54, 1.807) is 6.20 Å². The maximum Gasteiger partial charge on any atom is 0.490 e. The summed E-state index contributed by atoms with van der Waals surface area (Å²) in [6.07, 6.45) is -1.12. The van der Waals surface area contributed by atoms with Crippen molar-refractivity contribution in [3.63, 3.8) is 0 Å². The van der Waals surface area contributed by atoms with Crippen LogP contribution in [0.2, 0.25) is 0 Å². The number of rotatable bonds is 4. The van der Waals surface area contributed by atoms with Crippen LogP contribution >= 0.6 is 0 Å². The minimum atomic E-state index is -5.08. The van der Waals surface area contributed by atoms with Crippen molar-refractivity contribution in [2.24, 2.45) is 0 Å². The van der Waals surface area contributed by atoms with Gasteiger partial charge < -0.3 is 19.9 Å². The van der Waals surface area contributed by atoms with Crippen LogP contribution in [-0.4, -0.2) is 69.4 Å². The molecule has 0 atom stereocenters. The zero-order chi connectivity index (χ0) is 22.6. The Morgan fingerprint density at radius 2 is 1.94 bits per heavy atom. The smallest absolute Gasteiger partial charge is 0.475 e. The van der Waals surface area contributed by atoms with Crippen molar-refractivity contribution in [1.82, 2.24) is 25.1 Å². The molecule has 170 valence electrons. The van der Waals surface area contributed by atoms with Crippen molar-refractivity contribution in [3.05, 3.63) is 23.7 Å². The fraction of sp³-hybridized carbons (Fsp3) is 0.579. The van der Waals surface area contributed by atoms with Gasteiger partial charge in [-0.3, -0.25) is 4.68 Å². The van der Waals surface area contributed by atoms with Gasteiger partial charge in [0.25, 0.3) is 0 Å². The van der Waals surface area contributed by atoms with Gasteiger partial charge in [0.15, 0.2) is 5.82 Å².